The lowest BCUT2D eigenvalue weighted by molar-refractivity contribution is 0.0525. The van der Waals surface area contributed by atoms with Crippen LogP contribution >= 0.6 is 27.5 Å². The Morgan fingerprint density at radius 1 is 1.47 bits per heavy atom. The number of hydrogen-bond donors (Lipinski definition) is 0. The van der Waals surface area contributed by atoms with Gasteiger partial charge in [0, 0.05) is 11.2 Å². The quantitative estimate of drug-likeness (QED) is 0.586. The van der Waals surface area contributed by atoms with E-state index in [1.54, 1.807) is 6.07 Å². The minimum absolute atomic E-state index is 0.252. The topological polar surface area (TPSA) is 26.3 Å². The van der Waals surface area contributed by atoms with Crippen molar-refractivity contribution in [2.45, 2.75) is 25.6 Å². The smallest absolute Gasteiger partial charge is 0.338 e. The zero-order valence-corrected chi connectivity index (χ0v) is 12.2. The number of esters is 1. The van der Waals surface area contributed by atoms with Crippen molar-refractivity contribution in [3.63, 3.8) is 0 Å². The van der Waals surface area contributed by atoms with E-state index in [0.29, 0.717) is 18.1 Å². The zero-order chi connectivity index (χ0) is 12.7. The number of benzene rings is 1. The molecule has 2 nitrogen and oxygen atoms in total. The third-order valence-electron chi connectivity index (χ3n) is 2.40. The summed E-state index contributed by atoms with van der Waals surface area (Å²) in [4.78, 5) is 11.8. The van der Waals surface area contributed by atoms with Gasteiger partial charge in [-0.2, -0.15) is 0 Å². The monoisotopic (exact) mass is 318 g/mol. The summed E-state index contributed by atoms with van der Waals surface area (Å²) in [6.45, 7) is 2.21. The highest BCUT2D eigenvalue weighted by Gasteiger charge is 2.12. The first-order valence-corrected chi connectivity index (χ1v) is 7.29. The van der Waals surface area contributed by atoms with E-state index in [1.165, 1.54) is 0 Å². The van der Waals surface area contributed by atoms with Gasteiger partial charge in [0.15, 0.2) is 0 Å². The molecule has 17 heavy (non-hydrogen) atoms. The summed E-state index contributed by atoms with van der Waals surface area (Å²) in [5.41, 5.74) is 2.70. The van der Waals surface area contributed by atoms with Crippen LogP contribution in [0.25, 0.3) is 0 Å². The SMILES string of the molecule is CCOC(=O)c1ccc(CCl)cc1CCCBr. The van der Waals surface area contributed by atoms with Gasteiger partial charge in [-0.15, -0.1) is 11.6 Å². The minimum Gasteiger partial charge on any atom is -0.462 e. The van der Waals surface area contributed by atoms with Crippen LogP contribution < -0.4 is 0 Å². The second kappa shape index (κ2) is 7.72. The highest BCUT2D eigenvalue weighted by atomic mass is 79.9. The van der Waals surface area contributed by atoms with E-state index < -0.39 is 0 Å². The molecule has 0 spiro atoms. The molecule has 0 unspecified atom stereocenters. The van der Waals surface area contributed by atoms with E-state index in [1.807, 2.05) is 19.1 Å². The second-order valence-corrected chi connectivity index (χ2v) is 4.70. The predicted octanol–water partition coefficient (Wildman–Crippen LogP) is 3.93. The molecule has 0 aliphatic carbocycles. The molecule has 0 radical (unpaired) electrons. The maximum atomic E-state index is 11.8. The highest BCUT2D eigenvalue weighted by molar-refractivity contribution is 9.09. The summed E-state index contributed by atoms with van der Waals surface area (Å²) >= 11 is 9.19. The summed E-state index contributed by atoms with van der Waals surface area (Å²) in [7, 11) is 0. The van der Waals surface area contributed by atoms with E-state index in [0.717, 1.165) is 29.3 Å². The standard InChI is InChI=1S/C13H16BrClO2/c1-2-17-13(16)12-6-5-10(9-15)8-11(12)4-3-7-14/h5-6,8H,2-4,7,9H2,1H3. The fraction of sp³-hybridized carbons (Fsp3) is 0.462. The Hall–Kier alpha value is -0.540. The van der Waals surface area contributed by atoms with Crippen molar-refractivity contribution in [3.05, 3.63) is 34.9 Å². The number of ether oxygens (including phenoxy) is 1. The molecule has 1 aromatic rings. The van der Waals surface area contributed by atoms with E-state index >= 15 is 0 Å². The summed E-state index contributed by atoms with van der Waals surface area (Å²) in [5.74, 6) is 0.211. The number of hydrogen-bond acceptors (Lipinski definition) is 2. The van der Waals surface area contributed by atoms with Crippen LogP contribution in [0.4, 0.5) is 0 Å². The maximum Gasteiger partial charge on any atom is 0.338 e. The Morgan fingerprint density at radius 3 is 2.82 bits per heavy atom. The number of alkyl halides is 2. The zero-order valence-electron chi connectivity index (χ0n) is 9.84. The molecular formula is C13H16BrClO2. The van der Waals surface area contributed by atoms with Crippen molar-refractivity contribution in [1.29, 1.82) is 0 Å². The van der Waals surface area contributed by atoms with Crippen LogP contribution in [0.5, 0.6) is 0 Å². The van der Waals surface area contributed by atoms with Gasteiger partial charge in [-0.25, -0.2) is 4.79 Å². The Morgan fingerprint density at radius 2 is 2.24 bits per heavy atom. The van der Waals surface area contributed by atoms with E-state index in [9.17, 15) is 4.79 Å². The number of halogens is 2. The van der Waals surface area contributed by atoms with Crippen LogP contribution in [0.15, 0.2) is 18.2 Å². The minimum atomic E-state index is -0.252. The number of carbonyl (C=O) groups excluding carboxylic acids is 1. The first kappa shape index (κ1) is 14.5. The Labute approximate surface area is 115 Å². The molecule has 0 fully saturated rings. The predicted molar refractivity (Wildman–Crippen MR) is 74.1 cm³/mol. The molecule has 0 saturated carbocycles. The lowest BCUT2D eigenvalue weighted by Gasteiger charge is -2.09. The van der Waals surface area contributed by atoms with Gasteiger partial charge in [0.05, 0.1) is 12.2 Å². The van der Waals surface area contributed by atoms with Gasteiger partial charge in [0.25, 0.3) is 0 Å². The number of carbonyl (C=O) groups is 1. The number of rotatable bonds is 6. The van der Waals surface area contributed by atoms with Crippen LogP contribution in [0.2, 0.25) is 0 Å². The van der Waals surface area contributed by atoms with Crippen LogP contribution in [-0.2, 0) is 17.0 Å². The van der Waals surface area contributed by atoms with Crippen molar-refractivity contribution in [2.24, 2.45) is 0 Å². The normalized spacial score (nSPS) is 10.3. The first-order valence-electron chi connectivity index (χ1n) is 5.63. The molecule has 0 aliphatic heterocycles. The molecule has 0 aliphatic rings. The molecule has 4 heteroatoms. The number of aryl methyl sites for hydroxylation is 1. The van der Waals surface area contributed by atoms with E-state index in [4.69, 9.17) is 16.3 Å². The van der Waals surface area contributed by atoms with Crippen molar-refractivity contribution in [2.75, 3.05) is 11.9 Å². The third kappa shape index (κ3) is 4.32. The van der Waals surface area contributed by atoms with Crippen LogP contribution in [0, 0.1) is 0 Å². The second-order valence-electron chi connectivity index (χ2n) is 3.64. The molecule has 0 N–H and O–H groups in total. The summed E-state index contributed by atoms with van der Waals surface area (Å²) in [6, 6.07) is 5.66. The van der Waals surface area contributed by atoms with Gasteiger partial charge in [0.2, 0.25) is 0 Å². The molecule has 0 saturated heterocycles. The van der Waals surface area contributed by atoms with Gasteiger partial charge in [-0.1, -0.05) is 28.1 Å². The van der Waals surface area contributed by atoms with E-state index in [2.05, 4.69) is 15.9 Å². The summed E-state index contributed by atoms with van der Waals surface area (Å²) in [6.07, 6.45) is 1.84. The maximum absolute atomic E-state index is 11.8. The van der Waals surface area contributed by atoms with Gasteiger partial charge in [0.1, 0.15) is 0 Å². The third-order valence-corrected chi connectivity index (χ3v) is 3.27. The van der Waals surface area contributed by atoms with Gasteiger partial charge < -0.3 is 4.74 Å². The summed E-state index contributed by atoms with van der Waals surface area (Å²) < 4.78 is 5.04. The molecule has 94 valence electrons. The average Bonchev–Trinajstić information content (AvgIpc) is 2.36. The molecule has 0 heterocycles. The Bertz CT molecular complexity index is 380. The fourth-order valence-electron chi connectivity index (χ4n) is 1.60. The van der Waals surface area contributed by atoms with Gasteiger partial charge in [-0.05, 0) is 37.0 Å². The molecule has 0 aromatic heterocycles. The Kier molecular flexibility index (Phi) is 6.60. The highest BCUT2D eigenvalue weighted by Crippen LogP contribution is 2.17. The van der Waals surface area contributed by atoms with Crippen LogP contribution in [-0.4, -0.2) is 17.9 Å². The summed E-state index contributed by atoms with van der Waals surface area (Å²) in [5, 5.41) is 0.917. The van der Waals surface area contributed by atoms with Crippen molar-refractivity contribution < 1.29 is 9.53 Å². The van der Waals surface area contributed by atoms with Crippen molar-refractivity contribution >= 4 is 33.5 Å². The van der Waals surface area contributed by atoms with Crippen molar-refractivity contribution in [3.8, 4) is 0 Å². The van der Waals surface area contributed by atoms with Crippen molar-refractivity contribution in [1.82, 2.24) is 0 Å². The van der Waals surface area contributed by atoms with Crippen LogP contribution in [0.3, 0.4) is 0 Å². The average molecular weight is 320 g/mol. The molecule has 0 amide bonds. The Balaban J connectivity index is 2.97. The lowest BCUT2D eigenvalue weighted by atomic mass is 10.0. The van der Waals surface area contributed by atoms with Gasteiger partial charge >= 0.3 is 5.97 Å². The molecular weight excluding hydrogens is 303 g/mol. The van der Waals surface area contributed by atoms with Gasteiger partial charge in [-0.3, -0.25) is 0 Å². The fourth-order valence-corrected chi connectivity index (χ4v) is 2.05. The first-order chi connectivity index (χ1) is 8.22. The van der Waals surface area contributed by atoms with Crippen LogP contribution in [0.1, 0.15) is 34.8 Å². The largest absolute Gasteiger partial charge is 0.462 e. The molecule has 0 bridgehead atoms. The molecule has 1 rings (SSSR count). The lowest BCUT2D eigenvalue weighted by Crippen LogP contribution is -2.09. The van der Waals surface area contributed by atoms with E-state index in [-0.39, 0.29) is 5.97 Å². The molecule has 0 atom stereocenters. The molecule has 1 aromatic carbocycles.